The fourth-order valence-corrected chi connectivity index (χ4v) is 4.73. The van der Waals surface area contributed by atoms with Gasteiger partial charge in [-0.2, -0.15) is 13.6 Å². The van der Waals surface area contributed by atoms with Gasteiger partial charge < -0.3 is 4.18 Å². The van der Waals surface area contributed by atoms with E-state index in [-0.39, 0.29) is 11.2 Å². The molecule has 134 valence electrons. The van der Waals surface area contributed by atoms with Gasteiger partial charge in [-0.25, -0.2) is 0 Å². The molecule has 0 aliphatic heterocycles. The SMILES string of the molecule is NS(=O)(=O)Oc1ccc2c(=O)c(-c3ccc4c(c3)CCCC4)csc2c1. The number of benzene rings is 2. The van der Waals surface area contributed by atoms with Crippen LogP contribution in [0.3, 0.4) is 0 Å². The van der Waals surface area contributed by atoms with Crippen LogP contribution in [0.25, 0.3) is 21.2 Å². The van der Waals surface area contributed by atoms with Gasteiger partial charge in [0, 0.05) is 21.0 Å². The number of nitrogens with two attached hydrogens (primary N) is 1. The van der Waals surface area contributed by atoms with Gasteiger partial charge in [-0.15, -0.1) is 11.3 Å². The molecular formula is C19H17NO4S2. The monoisotopic (exact) mass is 387 g/mol. The summed E-state index contributed by atoms with van der Waals surface area (Å²) in [4.78, 5) is 12.9. The van der Waals surface area contributed by atoms with Crippen LogP contribution in [-0.4, -0.2) is 8.42 Å². The molecule has 1 aliphatic carbocycles. The van der Waals surface area contributed by atoms with Crippen molar-refractivity contribution >= 4 is 31.7 Å². The quantitative estimate of drug-likeness (QED) is 0.746. The third-order valence-electron chi connectivity index (χ3n) is 4.62. The molecule has 0 amide bonds. The maximum absolute atomic E-state index is 12.9. The molecule has 1 aliphatic rings. The second kappa shape index (κ2) is 6.50. The van der Waals surface area contributed by atoms with Gasteiger partial charge in [0.15, 0.2) is 5.43 Å². The van der Waals surface area contributed by atoms with E-state index >= 15 is 0 Å². The van der Waals surface area contributed by atoms with Crippen LogP contribution in [0.1, 0.15) is 24.0 Å². The third kappa shape index (κ3) is 3.38. The van der Waals surface area contributed by atoms with Gasteiger partial charge in [0.05, 0.1) is 0 Å². The first kappa shape index (κ1) is 17.2. The first-order valence-electron chi connectivity index (χ1n) is 8.31. The lowest BCUT2D eigenvalue weighted by Gasteiger charge is -2.16. The van der Waals surface area contributed by atoms with Crippen LogP contribution in [0.2, 0.25) is 0 Å². The highest BCUT2D eigenvalue weighted by Crippen LogP contribution is 2.30. The Labute approximate surface area is 155 Å². The molecule has 0 unspecified atom stereocenters. The van der Waals surface area contributed by atoms with Crippen molar-refractivity contribution in [3.63, 3.8) is 0 Å². The minimum absolute atomic E-state index is 0.0725. The van der Waals surface area contributed by atoms with Crippen molar-refractivity contribution in [2.24, 2.45) is 5.14 Å². The lowest BCUT2D eigenvalue weighted by Crippen LogP contribution is -2.18. The molecule has 26 heavy (non-hydrogen) atoms. The number of hydrogen-bond donors (Lipinski definition) is 1. The Kier molecular flexibility index (Phi) is 4.30. The van der Waals surface area contributed by atoms with Crippen molar-refractivity contribution < 1.29 is 12.6 Å². The van der Waals surface area contributed by atoms with Gasteiger partial charge in [0.1, 0.15) is 5.75 Å². The normalized spacial score (nSPS) is 14.2. The van der Waals surface area contributed by atoms with E-state index in [4.69, 9.17) is 5.14 Å². The molecule has 0 saturated heterocycles. The molecule has 1 aromatic heterocycles. The maximum Gasteiger partial charge on any atom is 0.380 e. The molecule has 0 atom stereocenters. The van der Waals surface area contributed by atoms with Crippen molar-refractivity contribution in [3.8, 4) is 16.9 Å². The molecule has 4 rings (SSSR count). The number of hydrogen-bond acceptors (Lipinski definition) is 5. The summed E-state index contributed by atoms with van der Waals surface area (Å²) in [5.41, 5.74) is 4.23. The van der Waals surface area contributed by atoms with Gasteiger partial charge in [0.25, 0.3) is 0 Å². The molecule has 5 nitrogen and oxygen atoms in total. The fraction of sp³-hybridized carbons (Fsp3) is 0.211. The summed E-state index contributed by atoms with van der Waals surface area (Å²) in [6, 6.07) is 10.8. The molecular weight excluding hydrogens is 370 g/mol. The van der Waals surface area contributed by atoms with E-state index in [9.17, 15) is 13.2 Å². The number of fused-ring (bicyclic) bond motifs is 2. The number of rotatable bonds is 3. The van der Waals surface area contributed by atoms with Crippen LogP contribution in [0, 0.1) is 0 Å². The van der Waals surface area contributed by atoms with Crippen molar-refractivity contribution in [1.82, 2.24) is 0 Å². The molecule has 0 radical (unpaired) electrons. The molecule has 0 bridgehead atoms. The summed E-state index contributed by atoms with van der Waals surface area (Å²) in [5, 5.41) is 7.24. The average molecular weight is 387 g/mol. The minimum Gasteiger partial charge on any atom is -0.371 e. The Balaban J connectivity index is 1.79. The van der Waals surface area contributed by atoms with E-state index in [0.717, 1.165) is 18.4 Å². The van der Waals surface area contributed by atoms with E-state index in [2.05, 4.69) is 16.3 Å². The van der Waals surface area contributed by atoms with Crippen LogP contribution >= 0.6 is 11.3 Å². The highest BCUT2D eigenvalue weighted by atomic mass is 32.2. The van der Waals surface area contributed by atoms with Crippen LogP contribution < -0.4 is 14.8 Å². The van der Waals surface area contributed by atoms with Gasteiger partial charge in [-0.3, -0.25) is 4.79 Å². The van der Waals surface area contributed by atoms with Crippen LogP contribution in [0.4, 0.5) is 0 Å². The summed E-state index contributed by atoms with van der Waals surface area (Å²) >= 11 is 1.37. The molecule has 7 heteroatoms. The van der Waals surface area contributed by atoms with Crippen LogP contribution in [-0.2, 0) is 23.1 Å². The van der Waals surface area contributed by atoms with Gasteiger partial charge in [-0.05, 0) is 60.6 Å². The summed E-state index contributed by atoms with van der Waals surface area (Å²) in [6.07, 6.45) is 4.57. The molecule has 0 spiro atoms. The zero-order valence-corrected chi connectivity index (χ0v) is 15.5. The fourth-order valence-electron chi connectivity index (χ4n) is 3.39. The van der Waals surface area contributed by atoms with E-state index < -0.39 is 10.3 Å². The summed E-state index contributed by atoms with van der Waals surface area (Å²) < 4.78 is 27.4. The van der Waals surface area contributed by atoms with Crippen LogP contribution in [0.5, 0.6) is 5.75 Å². The van der Waals surface area contributed by atoms with E-state index in [1.807, 2.05) is 11.4 Å². The largest absolute Gasteiger partial charge is 0.380 e. The summed E-state index contributed by atoms with van der Waals surface area (Å²) in [6.45, 7) is 0. The first-order valence-corrected chi connectivity index (χ1v) is 10.7. The maximum atomic E-state index is 12.9. The Morgan fingerprint density at radius 1 is 1.00 bits per heavy atom. The van der Waals surface area contributed by atoms with Gasteiger partial charge in [-0.1, -0.05) is 18.2 Å². The van der Waals surface area contributed by atoms with Crippen molar-refractivity contribution in [2.75, 3.05) is 0 Å². The summed E-state index contributed by atoms with van der Waals surface area (Å²) in [7, 11) is -4.09. The minimum atomic E-state index is -4.09. The van der Waals surface area contributed by atoms with E-state index in [1.165, 1.54) is 47.4 Å². The Bertz CT molecular complexity index is 1170. The second-order valence-corrected chi connectivity index (χ2v) is 8.47. The molecule has 0 fully saturated rings. The third-order valence-corrected chi connectivity index (χ3v) is 5.99. The first-order chi connectivity index (χ1) is 12.4. The Morgan fingerprint density at radius 3 is 2.54 bits per heavy atom. The molecule has 2 aromatic carbocycles. The molecule has 1 heterocycles. The average Bonchev–Trinajstić information content (AvgIpc) is 2.60. The van der Waals surface area contributed by atoms with Crippen molar-refractivity contribution in [1.29, 1.82) is 0 Å². The Morgan fingerprint density at radius 2 is 1.77 bits per heavy atom. The molecule has 3 aromatic rings. The smallest absolute Gasteiger partial charge is 0.371 e. The van der Waals surface area contributed by atoms with Crippen LogP contribution in [0.15, 0.2) is 46.6 Å². The zero-order chi connectivity index (χ0) is 18.3. The standard InChI is InChI=1S/C19H17NO4S2/c20-26(22,23)24-15-7-8-16-18(10-15)25-11-17(19(16)21)14-6-5-12-3-1-2-4-13(12)9-14/h5-11H,1-4H2,(H2,20,22,23). The summed E-state index contributed by atoms with van der Waals surface area (Å²) in [5.74, 6) is 0.0946. The predicted octanol–water partition coefficient (Wildman–Crippen LogP) is 3.39. The molecule has 0 saturated carbocycles. The predicted molar refractivity (Wildman–Crippen MR) is 104 cm³/mol. The Hall–Kier alpha value is -2.22. The zero-order valence-electron chi connectivity index (χ0n) is 13.9. The van der Waals surface area contributed by atoms with Crippen molar-refractivity contribution in [3.05, 3.63) is 63.1 Å². The van der Waals surface area contributed by atoms with E-state index in [1.54, 1.807) is 6.07 Å². The van der Waals surface area contributed by atoms with Gasteiger partial charge >= 0.3 is 10.3 Å². The molecule has 2 N–H and O–H groups in total. The van der Waals surface area contributed by atoms with E-state index in [0.29, 0.717) is 15.6 Å². The number of aryl methyl sites for hydroxylation is 2. The lowest BCUT2D eigenvalue weighted by atomic mass is 9.89. The lowest BCUT2D eigenvalue weighted by molar-refractivity contribution is 0.488. The topological polar surface area (TPSA) is 86.5 Å². The second-order valence-electron chi connectivity index (χ2n) is 6.40. The van der Waals surface area contributed by atoms with Crippen molar-refractivity contribution in [2.45, 2.75) is 25.7 Å². The highest BCUT2D eigenvalue weighted by molar-refractivity contribution is 7.84. The van der Waals surface area contributed by atoms with Gasteiger partial charge in [0.2, 0.25) is 0 Å². The highest BCUT2D eigenvalue weighted by Gasteiger charge is 2.14.